The molecule has 0 radical (unpaired) electrons. The topological polar surface area (TPSA) is 92.5 Å². The van der Waals surface area contributed by atoms with E-state index in [0.29, 0.717) is 0 Å². The van der Waals surface area contributed by atoms with Gasteiger partial charge in [-0.15, -0.1) is 0 Å². The van der Waals surface area contributed by atoms with Crippen molar-refractivity contribution in [2.24, 2.45) is 0 Å². The molecule has 1 aromatic rings. The van der Waals surface area contributed by atoms with Gasteiger partial charge in [0.2, 0.25) is 5.60 Å². The van der Waals surface area contributed by atoms with Crippen molar-refractivity contribution in [1.29, 1.82) is 0 Å². The van der Waals surface area contributed by atoms with Gasteiger partial charge in [0, 0.05) is 23.1 Å². The van der Waals surface area contributed by atoms with Crippen LogP contribution in [0, 0.1) is 15.9 Å². The van der Waals surface area contributed by atoms with Gasteiger partial charge in [0.05, 0.1) is 0 Å². The van der Waals surface area contributed by atoms with Crippen LogP contribution in [0.5, 0.6) is 0 Å². The molecule has 2 atom stereocenters. The third-order valence-corrected chi connectivity index (χ3v) is 2.91. The van der Waals surface area contributed by atoms with E-state index in [-0.39, 0.29) is 11.3 Å². The van der Waals surface area contributed by atoms with Crippen molar-refractivity contribution in [3.8, 4) is 0 Å². The third kappa shape index (κ3) is 1.47. The highest BCUT2D eigenvalue weighted by Gasteiger charge is 2.55. The largest absolute Gasteiger partial charge is 0.370 e. The van der Waals surface area contributed by atoms with Crippen LogP contribution in [0.15, 0.2) is 18.2 Å². The number of carbonyl (C=O) groups is 1. The van der Waals surface area contributed by atoms with E-state index >= 15 is 0 Å². The first-order valence-corrected chi connectivity index (χ1v) is 4.84. The van der Waals surface area contributed by atoms with Crippen molar-refractivity contribution >= 4 is 11.6 Å². The summed E-state index contributed by atoms with van der Waals surface area (Å²) in [6.07, 6.45) is 0. The summed E-state index contributed by atoms with van der Waals surface area (Å²) in [5.74, 6) is -1.59. The number of aliphatic hydroxyl groups is 1. The van der Waals surface area contributed by atoms with Gasteiger partial charge in [-0.3, -0.25) is 14.9 Å². The lowest BCUT2D eigenvalue weighted by molar-refractivity contribution is -0.538. The molecule has 1 aromatic carbocycles. The number of nitro groups is 1. The number of benzene rings is 1. The molecule has 0 bridgehead atoms. The fourth-order valence-electron chi connectivity index (χ4n) is 1.85. The van der Waals surface area contributed by atoms with E-state index < -0.39 is 28.3 Å². The number of anilines is 1. The molecule has 90 valence electrons. The van der Waals surface area contributed by atoms with Crippen molar-refractivity contribution in [3.63, 3.8) is 0 Å². The minimum atomic E-state index is -2.33. The summed E-state index contributed by atoms with van der Waals surface area (Å²) in [7, 11) is 0. The lowest BCUT2D eigenvalue weighted by Gasteiger charge is -2.21. The van der Waals surface area contributed by atoms with E-state index in [9.17, 15) is 24.4 Å². The van der Waals surface area contributed by atoms with E-state index in [1.807, 2.05) is 0 Å². The van der Waals surface area contributed by atoms with Gasteiger partial charge in [0.25, 0.3) is 11.9 Å². The smallest absolute Gasteiger partial charge is 0.268 e. The zero-order chi connectivity index (χ0) is 12.8. The molecule has 0 fully saturated rings. The molecule has 17 heavy (non-hydrogen) atoms. The monoisotopic (exact) mass is 240 g/mol. The van der Waals surface area contributed by atoms with E-state index in [0.717, 1.165) is 19.1 Å². The second kappa shape index (κ2) is 3.49. The van der Waals surface area contributed by atoms with Crippen LogP contribution in [-0.2, 0) is 10.4 Å². The van der Waals surface area contributed by atoms with Crippen molar-refractivity contribution in [2.75, 3.05) is 5.32 Å². The molecule has 1 amide bonds. The van der Waals surface area contributed by atoms with Crippen LogP contribution in [0.3, 0.4) is 0 Å². The van der Waals surface area contributed by atoms with E-state index in [4.69, 9.17) is 0 Å². The fourth-order valence-corrected chi connectivity index (χ4v) is 1.85. The Hall–Kier alpha value is -2.02. The lowest BCUT2D eigenvalue weighted by Crippen LogP contribution is -2.47. The van der Waals surface area contributed by atoms with Crippen molar-refractivity contribution < 1.29 is 19.2 Å². The molecule has 0 aliphatic carbocycles. The first-order chi connectivity index (χ1) is 7.87. The first-order valence-electron chi connectivity index (χ1n) is 4.84. The average Bonchev–Trinajstić information content (AvgIpc) is 2.52. The first kappa shape index (κ1) is 11.5. The van der Waals surface area contributed by atoms with Crippen LogP contribution in [-0.4, -0.2) is 22.0 Å². The average molecular weight is 240 g/mol. The minimum Gasteiger partial charge on any atom is -0.370 e. The van der Waals surface area contributed by atoms with Crippen LogP contribution < -0.4 is 5.32 Å². The maximum atomic E-state index is 13.1. The molecule has 0 saturated heterocycles. The standard InChI is InChI=1S/C10H9FN2O4/c1-5(13(16)17)10(15)7-4-6(11)2-3-8(7)12-9(10)14/h2-5,15H,1H3,(H,12,14). The summed E-state index contributed by atoms with van der Waals surface area (Å²) in [6, 6.07) is 1.72. The fraction of sp³-hybridized carbons (Fsp3) is 0.300. The number of nitrogens with one attached hydrogen (secondary N) is 1. The molecule has 0 saturated carbocycles. The molecule has 6 nitrogen and oxygen atoms in total. The summed E-state index contributed by atoms with van der Waals surface area (Å²) in [4.78, 5) is 21.5. The molecule has 0 aromatic heterocycles. The summed E-state index contributed by atoms with van der Waals surface area (Å²) < 4.78 is 13.1. The maximum absolute atomic E-state index is 13.1. The predicted octanol–water partition coefficient (Wildman–Crippen LogP) is 0.631. The van der Waals surface area contributed by atoms with Gasteiger partial charge in [0.15, 0.2) is 0 Å². The summed E-state index contributed by atoms with van der Waals surface area (Å²) in [5.41, 5.74) is -2.25. The Labute approximate surface area is 95.2 Å². The second-order valence-corrected chi connectivity index (χ2v) is 3.87. The third-order valence-electron chi connectivity index (χ3n) is 2.91. The molecule has 0 spiro atoms. The zero-order valence-corrected chi connectivity index (χ0v) is 8.81. The summed E-state index contributed by atoms with van der Waals surface area (Å²) in [6.45, 7) is 1.10. The Morgan fingerprint density at radius 2 is 2.24 bits per heavy atom. The number of hydrogen-bond donors (Lipinski definition) is 2. The van der Waals surface area contributed by atoms with Gasteiger partial charge >= 0.3 is 0 Å². The lowest BCUT2D eigenvalue weighted by atomic mass is 9.89. The SMILES string of the molecule is CC([N+](=O)[O-])C1(O)C(=O)Nc2ccc(F)cc21. The number of nitrogens with zero attached hydrogens (tertiary/aromatic N) is 1. The number of carbonyl (C=O) groups excluding carboxylic acids is 1. The predicted molar refractivity (Wildman–Crippen MR) is 55.4 cm³/mol. The quantitative estimate of drug-likeness (QED) is 0.585. The summed E-state index contributed by atoms with van der Waals surface area (Å²) in [5, 5.41) is 23.1. The summed E-state index contributed by atoms with van der Waals surface area (Å²) >= 11 is 0. The Morgan fingerprint density at radius 3 is 2.82 bits per heavy atom. The molecule has 7 heteroatoms. The van der Waals surface area contributed by atoms with Gasteiger partial charge < -0.3 is 10.4 Å². The van der Waals surface area contributed by atoms with Crippen molar-refractivity contribution in [3.05, 3.63) is 39.7 Å². The Kier molecular flexibility index (Phi) is 2.35. The van der Waals surface area contributed by atoms with Crippen molar-refractivity contribution in [2.45, 2.75) is 18.6 Å². The van der Waals surface area contributed by atoms with Crippen LogP contribution >= 0.6 is 0 Å². The number of amides is 1. The van der Waals surface area contributed by atoms with Gasteiger partial charge in [0.1, 0.15) is 5.82 Å². The molecular formula is C10H9FN2O4. The molecule has 1 aliphatic heterocycles. The van der Waals surface area contributed by atoms with Gasteiger partial charge in [-0.25, -0.2) is 4.39 Å². The highest BCUT2D eigenvalue weighted by molar-refractivity contribution is 6.05. The van der Waals surface area contributed by atoms with Gasteiger partial charge in [-0.2, -0.15) is 0 Å². The van der Waals surface area contributed by atoms with Crippen LogP contribution in [0.2, 0.25) is 0 Å². The number of fused-ring (bicyclic) bond motifs is 1. The van der Waals surface area contributed by atoms with E-state index in [1.54, 1.807) is 0 Å². The van der Waals surface area contributed by atoms with E-state index in [1.165, 1.54) is 6.07 Å². The number of halogens is 1. The maximum Gasteiger partial charge on any atom is 0.268 e. The van der Waals surface area contributed by atoms with Crippen molar-refractivity contribution in [1.82, 2.24) is 0 Å². The van der Waals surface area contributed by atoms with Crippen LogP contribution in [0.4, 0.5) is 10.1 Å². The van der Waals surface area contributed by atoms with Crippen LogP contribution in [0.25, 0.3) is 0 Å². The molecule has 2 N–H and O–H groups in total. The normalized spacial score (nSPS) is 24.1. The highest BCUT2D eigenvalue weighted by atomic mass is 19.1. The van der Waals surface area contributed by atoms with E-state index in [2.05, 4.69) is 5.32 Å². The van der Waals surface area contributed by atoms with Gasteiger partial charge in [-0.05, 0) is 18.2 Å². The zero-order valence-electron chi connectivity index (χ0n) is 8.81. The van der Waals surface area contributed by atoms with Gasteiger partial charge in [-0.1, -0.05) is 0 Å². The Balaban J connectivity index is 2.60. The second-order valence-electron chi connectivity index (χ2n) is 3.87. The molecule has 2 unspecified atom stereocenters. The number of hydrogen-bond acceptors (Lipinski definition) is 4. The van der Waals surface area contributed by atoms with Crippen LogP contribution in [0.1, 0.15) is 12.5 Å². The molecule has 2 rings (SSSR count). The number of rotatable bonds is 2. The Morgan fingerprint density at radius 1 is 1.59 bits per heavy atom. The molecular weight excluding hydrogens is 231 g/mol. The minimum absolute atomic E-state index is 0.105. The Bertz CT molecular complexity index is 519. The molecule has 1 heterocycles. The molecule has 1 aliphatic rings. The highest BCUT2D eigenvalue weighted by Crippen LogP contribution is 2.39.